The number of para-hydroxylation sites is 2. The minimum Gasteiger partial charge on any atom is -0.340 e. The molecule has 1 heterocycles. The maximum atomic E-state index is 2.46. The summed E-state index contributed by atoms with van der Waals surface area (Å²) in [6.45, 7) is 7.60. The predicted molar refractivity (Wildman–Crippen MR) is 94.9 cm³/mol. The zero-order valence-corrected chi connectivity index (χ0v) is 14.1. The van der Waals surface area contributed by atoms with Gasteiger partial charge in [0, 0.05) is 16.3 Å². The van der Waals surface area contributed by atoms with Gasteiger partial charge in [-0.1, -0.05) is 69.6 Å². The van der Waals surface area contributed by atoms with Gasteiger partial charge in [0.1, 0.15) is 0 Å². The summed E-state index contributed by atoms with van der Waals surface area (Å²) in [7, 11) is 0. The average molecular weight is 299 g/mol. The summed E-state index contributed by atoms with van der Waals surface area (Å²) >= 11 is 1.88. The number of nitrogens with zero attached hydrogens (tertiary/aromatic N) is 1. The van der Waals surface area contributed by atoms with Crippen molar-refractivity contribution in [3.05, 3.63) is 48.5 Å². The molecule has 0 unspecified atom stereocenters. The Kier molecular flexibility index (Phi) is 6.19. The Hall–Kier alpha value is -1.41. The van der Waals surface area contributed by atoms with Gasteiger partial charge >= 0.3 is 0 Å². The smallest absolute Gasteiger partial charge is 0.0552 e. The van der Waals surface area contributed by atoms with Crippen LogP contribution in [0, 0.1) is 0 Å². The third-order valence-electron chi connectivity index (χ3n) is 3.27. The van der Waals surface area contributed by atoms with E-state index in [1.807, 2.05) is 11.8 Å². The van der Waals surface area contributed by atoms with Crippen molar-refractivity contribution in [3.63, 3.8) is 0 Å². The van der Waals surface area contributed by atoms with Crippen LogP contribution in [-0.4, -0.2) is 6.54 Å². The lowest BCUT2D eigenvalue weighted by molar-refractivity contribution is 0.777. The fourth-order valence-corrected chi connectivity index (χ4v) is 3.43. The highest BCUT2D eigenvalue weighted by molar-refractivity contribution is 7.99. The fourth-order valence-electron chi connectivity index (χ4n) is 2.34. The van der Waals surface area contributed by atoms with Crippen LogP contribution in [0.4, 0.5) is 11.4 Å². The Labute approximate surface area is 133 Å². The summed E-state index contributed by atoms with van der Waals surface area (Å²) < 4.78 is 0. The van der Waals surface area contributed by atoms with Crippen LogP contribution in [0.5, 0.6) is 0 Å². The van der Waals surface area contributed by atoms with Crippen LogP contribution in [0.1, 0.15) is 40.0 Å². The van der Waals surface area contributed by atoms with E-state index in [1.54, 1.807) is 0 Å². The minimum absolute atomic E-state index is 1.10. The maximum Gasteiger partial charge on any atom is 0.0552 e. The van der Waals surface area contributed by atoms with Gasteiger partial charge in [-0.05, 0) is 30.7 Å². The molecule has 1 aliphatic heterocycles. The summed E-state index contributed by atoms with van der Waals surface area (Å²) in [4.78, 5) is 5.20. The molecule has 21 heavy (non-hydrogen) atoms. The monoisotopic (exact) mass is 299 g/mol. The topological polar surface area (TPSA) is 3.24 Å². The number of fused-ring (bicyclic) bond motifs is 2. The second-order valence-electron chi connectivity index (χ2n) is 5.25. The van der Waals surface area contributed by atoms with Crippen molar-refractivity contribution < 1.29 is 0 Å². The molecule has 3 rings (SSSR count). The van der Waals surface area contributed by atoms with Crippen LogP contribution in [0.2, 0.25) is 0 Å². The first-order valence-corrected chi connectivity index (χ1v) is 8.76. The number of benzene rings is 2. The summed E-state index contributed by atoms with van der Waals surface area (Å²) in [5.41, 5.74) is 2.71. The van der Waals surface area contributed by atoms with Gasteiger partial charge < -0.3 is 4.90 Å². The van der Waals surface area contributed by atoms with Crippen molar-refractivity contribution in [2.24, 2.45) is 0 Å². The van der Waals surface area contributed by atoms with Crippen molar-refractivity contribution >= 4 is 23.1 Å². The van der Waals surface area contributed by atoms with E-state index >= 15 is 0 Å². The molecule has 112 valence electrons. The van der Waals surface area contributed by atoms with Gasteiger partial charge in [0.2, 0.25) is 0 Å². The lowest BCUT2D eigenvalue weighted by Gasteiger charge is -2.32. The van der Waals surface area contributed by atoms with E-state index in [0.717, 1.165) is 6.54 Å². The van der Waals surface area contributed by atoms with E-state index in [-0.39, 0.29) is 0 Å². The number of anilines is 2. The molecule has 0 saturated carbocycles. The molecule has 1 nitrogen and oxygen atoms in total. The number of hydrogen-bond acceptors (Lipinski definition) is 2. The maximum absolute atomic E-state index is 2.46. The van der Waals surface area contributed by atoms with Crippen molar-refractivity contribution in [2.75, 3.05) is 11.4 Å². The largest absolute Gasteiger partial charge is 0.340 e. The molecule has 1 aliphatic rings. The first-order valence-electron chi connectivity index (χ1n) is 7.95. The lowest BCUT2D eigenvalue weighted by atomic mass is 10.2. The van der Waals surface area contributed by atoms with E-state index in [0.29, 0.717) is 0 Å². The van der Waals surface area contributed by atoms with Crippen LogP contribution in [-0.2, 0) is 0 Å². The standard InChI is InChI=1S/C16H17NS.C3H8/c1-2-3-12-17-13-8-4-6-10-15(13)18-16-11-7-5-9-14(16)17;1-3-2/h4-11H,2-3,12H2,1H3;3H2,1-2H3. The quantitative estimate of drug-likeness (QED) is 0.636. The molecule has 0 N–H and O–H groups in total. The highest BCUT2D eigenvalue weighted by Crippen LogP contribution is 2.47. The molecule has 0 bridgehead atoms. The van der Waals surface area contributed by atoms with Gasteiger partial charge in [-0.2, -0.15) is 0 Å². The Morgan fingerprint density at radius 3 is 1.76 bits per heavy atom. The van der Waals surface area contributed by atoms with Crippen LogP contribution >= 0.6 is 11.8 Å². The van der Waals surface area contributed by atoms with Crippen LogP contribution in [0.15, 0.2) is 58.3 Å². The first-order chi connectivity index (χ1) is 10.3. The van der Waals surface area contributed by atoms with E-state index in [1.165, 1.54) is 40.4 Å². The summed E-state index contributed by atoms with van der Waals surface area (Å²) in [5, 5.41) is 0. The molecule has 0 fully saturated rings. The minimum atomic E-state index is 1.10. The second kappa shape index (κ2) is 8.14. The first kappa shape index (κ1) is 16.0. The van der Waals surface area contributed by atoms with E-state index in [2.05, 4.69) is 74.2 Å². The molecule has 2 aromatic rings. The Morgan fingerprint density at radius 2 is 1.29 bits per heavy atom. The van der Waals surface area contributed by atoms with Crippen LogP contribution in [0.3, 0.4) is 0 Å². The molecule has 0 aliphatic carbocycles. The number of unbranched alkanes of at least 4 members (excludes halogenated alkanes) is 1. The van der Waals surface area contributed by atoms with Crippen molar-refractivity contribution in [2.45, 2.75) is 49.8 Å². The van der Waals surface area contributed by atoms with Crippen LogP contribution in [0.25, 0.3) is 0 Å². The Balaban J connectivity index is 0.000000497. The molecular formula is C19H25NS. The molecule has 2 aromatic carbocycles. The van der Waals surface area contributed by atoms with Gasteiger partial charge in [0.05, 0.1) is 11.4 Å². The fraction of sp³-hybridized carbons (Fsp3) is 0.368. The highest BCUT2D eigenvalue weighted by atomic mass is 32.2. The molecule has 0 saturated heterocycles. The zero-order chi connectivity index (χ0) is 15.1. The average Bonchev–Trinajstić information content (AvgIpc) is 2.52. The number of hydrogen-bond donors (Lipinski definition) is 0. The van der Waals surface area contributed by atoms with Crippen molar-refractivity contribution in [3.8, 4) is 0 Å². The van der Waals surface area contributed by atoms with Gasteiger partial charge in [0.15, 0.2) is 0 Å². The molecule has 2 heteroatoms. The normalized spacial score (nSPS) is 12.0. The molecule has 0 radical (unpaired) electrons. The SMILES string of the molecule is CCC.CCCCN1c2ccccc2Sc2ccccc21. The molecule has 0 amide bonds. The Bertz CT molecular complexity index is 519. The van der Waals surface area contributed by atoms with E-state index < -0.39 is 0 Å². The van der Waals surface area contributed by atoms with Crippen molar-refractivity contribution in [1.82, 2.24) is 0 Å². The molecular weight excluding hydrogens is 274 g/mol. The van der Waals surface area contributed by atoms with Gasteiger partial charge in [-0.15, -0.1) is 0 Å². The number of rotatable bonds is 3. The summed E-state index contributed by atoms with van der Waals surface area (Å²) in [5.74, 6) is 0. The highest BCUT2D eigenvalue weighted by Gasteiger charge is 2.21. The Morgan fingerprint density at radius 1 is 0.810 bits per heavy atom. The van der Waals surface area contributed by atoms with E-state index in [9.17, 15) is 0 Å². The van der Waals surface area contributed by atoms with Gasteiger partial charge in [-0.25, -0.2) is 0 Å². The molecule has 0 spiro atoms. The van der Waals surface area contributed by atoms with Gasteiger partial charge in [-0.3, -0.25) is 0 Å². The third-order valence-corrected chi connectivity index (χ3v) is 4.40. The lowest BCUT2D eigenvalue weighted by Crippen LogP contribution is -2.21. The van der Waals surface area contributed by atoms with Crippen LogP contribution < -0.4 is 4.90 Å². The van der Waals surface area contributed by atoms with Gasteiger partial charge in [0.25, 0.3) is 0 Å². The predicted octanol–water partition coefficient (Wildman–Crippen LogP) is 6.51. The zero-order valence-electron chi connectivity index (χ0n) is 13.3. The van der Waals surface area contributed by atoms with Crippen molar-refractivity contribution in [1.29, 1.82) is 0 Å². The molecule has 0 atom stereocenters. The summed E-state index contributed by atoms with van der Waals surface area (Å²) in [6, 6.07) is 17.4. The third kappa shape index (κ3) is 3.82. The summed E-state index contributed by atoms with van der Waals surface area (Å²) in [6.07, 6.45) is 3.71. The van der Waals surface area contributed by atoms with E-state index in [4.69, 9.17) is 0 Å². The molecule has 0 aromatic heterocycles. The second-order valence-corrected chi connectivity index (χ2v) is 6.33.